The highest BCUT2D eigenvalue weighted by molar-refractivity contribution is 8.18. The fraction of sp³-hybridized carbons (Fsp3) is 0.120. The summed E-state index contributed by atoms with van der Waals surface area (Å²) in [4.78, 5) is 26.3. The van der Waals surface area contributed by atoms with E-state index in [0.29, 0.717) is 22.1 Å². The summed E-state index contributed by atoms with van der Waals surface area (Å²) >= 11 is 7.15. The Morgan fingerprint density at radius 3 is 2.26 bits per heavy atom. The zero-order chi connectivity index (χ0) is 24.1. The molecule has 0 N–H and O–H groups in total. The molecule has 0 bridgehead atoms. The molecule has 0 atom stereocenters. The van der Waals surface area contributed by atoms with Gasteiger partial charge in [-0.2, -0.15) is 0 Å². The van der Waals surface area contributed by atoms with Crippen LogP contribution < -0.4 is 9.47 Å². The van der Waals surface area contributed by atoms with E-state index >= 15 is 0 Å². The first-order chi connectivity index (χ1) is 16.4. The average molecular weight is 502 g/mol. The third-order valence-corrected chi connectivity index (χ3v) is 6.03. The molecule has 0 aromatic heterocycles. The summed E-state index contributed by atoms with van der Waals surface area (Å²) in [6.45, 7) is 0.372. The van der Waals surface area contributed by atoms with Gasteiger partial charge in [0, 0.05) is 0 Å². The van der Waals surface area contributed by atoms with Gasteiger partial charge in [0.05, 0.1) is 16.5 Å². The smallest absolute Gasteiger partial charge is 0.293 e. The molecule has 3 aromatic carbocycles. The van der Waals surface area contributed by atoms with Crippen LogP contribution in [0.3, 0.4) is 0 Å². The third-order valence-electron chi connectivity index (χ3n) is 4.83. The number of benzene rings is 3. The fourth-order valence-corrected chi connectivity index (χ4v) is 4.20. The van der Waals surface area contributed by atoms with Crippen molar-refractivity contribution in [1.82, 2.24) is 4.90 Å². The van der Waals surface area contributed by atoms with Crippen LogP contribution in [0.5, 0.6) is 11.5 Å². The predicted molar refractivity (Wildman–Crippen MR) is 127 cm³/mol. The number of imide groups is 1. The van der Waals surface area contributed by atoms with Gasteiger partial charge in [-0.3, -0.25) is 14.5 Å². The van der Waals surface area contributed by atoms with Crippen molar-refractivity contribution < 1.29 is 27.8 Å². The molecule has 3 aromatic rings. The van der Waals surface area contributed by atoms with E-state index < -0.39 is 11.1 Å². The first-order valence-electron chi connectivity index (χ1n) is 10.2. The van der Waals surface area contributed by atoms with Gasteiger partial charge >= 0.3 is 0 Å². The van der Waals surface area contributed by atoms with Crippen LogP contribution in [-0.2, 0) is 11.4 Å². The molecule has 34 heavy (non-hydrogen) atoms. The summed E-state index contributed by atoms with van der Waals surface area (Å²) in [6, 6.07) is 16.4. The lowest BCUT2D eigenvalue weighted by Crippen LogP contribution is -2.32. The SMILES string of the molecule is O=C1S/C(=C\c2ccc(OCc3ccc(F)cc3)c(Cl)c2)C(=O)N1CCOc1ccc(F)cc1. The van der Waals surface area contributed by atoms with Crippen molar-refractivity contribution in [2.45, 2.75) is 6.61 Å². The number of carbonyl (C=O) groups excluding carboxylic acids is 2. The second kappa shape index (κ2) is 10.7. The van der Waals surface area contributed by atoms with Crippen molar-refractivity contribution in [2.24, 2.45) is 0 Å². The Kier molecular flexibility index (Phi) is 7.49. The maximum atomic E-state index is 13.0. The van der Waals surface area contributed by atoms with Crippen molar-refractivity contribution >= 4 is 40.6 Å². The van der Waals surface area contributed by atoms with Crippen LogP contribution >= 0.6 is 23.4 Å². The van der Waals surface area contributed by atoms with Gasteiger partial charge in [-0.1, -0.05) is 29.8 Å². The quantitative estimate of drug-likeness (QED) is 0.338. The number of hydrogen-bond acceptors (Lipinski definition) is 5. The van der Waals surface area contributed by atoms with Gasteiger partial charge in [0.15, 0.2) is 0 Å². The number of rotatable bonds is 8. The van der Waals surface area contributed by atoms with Crippen LogP contribution in [0.2, 0.25) is 5.02 Å². The molecule has 0 spiro atoms. The molecule has 1 heterocycles. The lowest BCUT2D eigenvalue weighted by molar-refractivity contribution is -0.123. The number of nitrogens with zero attached hydrogens (tertiary/aromatic N) is 1. The molecule has 0 radical (unpaired) electrons. The lowest BCUT2D eigenvalue weighted by atomic mass is 10.2. The summed E-state index contributed by atoms with van der Waals surface area (Å²) in [5.41, 5.74) is 1.42. The van der Waals surface area contributed by atoms with Crippen LogP contribution in [0.1, 0.15) is 11.1 Å². The second-order valence-electron chi connectivity index (χ2n) is 7.24. The Morgan fingerprint density at radius 1 is 0.912 bits per heavy atom. The van der Waals surface area contributed by atoms with Crippen molar-refractivity contribution in [3.8, 4) is 11.5 Å². The molecular weight excluding hydrogens is 484 g/mol. The molecule has 0 unspecified atom stereocenters. The van der Waals surface area contributed by atoms with Crippen LogP contribution in [0.15, 0.2) is 71.6 Å². The molecule has 1 aliphatic heterocycles. The van der Waals surface area contributed by atoms with E-state index in [4.69, 9.17) is 21.1 Å². The maximum absolute atomic E-state index is 13.0. The summed E-state index contributed by atoms with van der Waals surface area (Å²) in [5, 5.41) is -0.0629. The molecular formula is C25H18ClF2NO4S. The highest BCUT2D eigenvalue weighted by atomic mass is 35.5. The number of amides is 2. The van der Waals surface area contributed by atoms with E-state index in [-0.39, 0.29) is 36.3 Å². The van der Waals surface area contributed by atoms with E-state index in [9.17, 15) is 18.4 Å². The predicted octanol–water partition coefficient (Wildman–Crippen LogP) is 6.31. The third kappa shape index (κ3) is 5.95. The number of carbonyl (C=O) groups is 2. The number of hydrogen-bond donors (Lipinski definition) is 0. The lowest BCUT2D eigenvalue weighted by Gasteiger charge is -2.13. The van der Waals surface area contributed by atoms with Crippen LogP contribution in [0, 0.1) is 11.6 Å². The van der Waals surface area contributed by atoms with E-state index in [0.717, 1.165) is 22.2 Å². The number of thioether (sulfide) groups is 1. The largest absolute Gasteiger partial charge is 0.492 e. The Labute approximate surface area is 203 Å². The van der Waals surface area contributed by atoms with Crippen molar-refractivity contribution in [2.75, 3.05) is 13.2 Å². The monoisotopic (exact) mass is 501 g/mol. The average Bonchev–Trinajstić information content (AvgIpc) is 3.08. The number of ether oxygens (including phenoxy) is 2. The Morgan fingerprint density at radius 2 is 1.59 bits per heavy atom. The molecule has 0 saturated carbocycles. The minimum Gasteiger partial charge on any atom is -0.492 e. The Balaban J connectivity index is 1.35. The van der Waals surface area contributed by atoms with Crippen LogP contribution in [0.25, 0.3) is 6.08 Å². The summed E-state index contributed by atoms with van der Waals surface area (Å²) in [5.74, 6) is -0.244. The van der Waals surface area contributed by atoms with E-state index in [1.165, 1.54) is 36.4 Å². The van der Waals surface area contributed by atoms with E-state index in [2.05, 4.69) is 0 Å². The first kappa shape index (κ1) is 23.8. The standard InChI is InChI=1S/C25H18ClF2NO4S/c26-21-13-17(3-10-22(21)33-15-16-1-4-18(27)5-2-16)14-23-24(30)29(25(31)34-23)11-12-32-20-8-6-19(28)7-9-20/h1-10,13-14H,11-12,15H2/b23-14-. The van der Waals surface area contributed by atoms with Crippen LogP contribution in [0.4, 0.5) is 13.6 Å². The summed E-state index contributed by atoms with van der Waals surface area (Å²) < 4.78 is 37.1. The summed E-state index contributed by atoms with van der Waals surface area (Å²) in [6.07, 6.45) is 1.58. The summed E-state index contributed by atoms with van der Waals surface area (Å²) in [7, 11) is 0. The minimum atomic E-state index is -0.425. The fourth-order valence-electron chi connectivity index (χ4n) is 3.10. The van der Waals surface area contributed by atoms with Gasteiger partial charge in [-0.25, -0.2) is 8.78 Å². The van der Waals surface area contributed by atoms with Gasteiger partial charge in [-0.15, -0.1) is 0 Å². The second-order valence-corrected chi connectivity index (χ2v) is 8.64. The van der Waals surface area contributed by atoms with Gasteiger partial charge < -0.3 is 9.47 Å². The van der Waals surface area contributed by atoms with Gasteiger partial charge in [0.25, 0.3) is 11.1 Å². The van der Waals surface area contributed by atoms with Crippen LogP contribution in [-0.4, -0.2) is 29.2 Å². The molecule has 4 rings (SSSR count). The molecule has 2 amide bonds. The Bertz CT molecular complexity index is 1230. The number of halogens is 3. The molecule has 1 saturated heterocycles. The zero-order valence-corrected chi connectivity index (χ0v) is 19.2. The molecule has 1 fully saturated rings. The minimum absolute atomic E-state index is 0.0658. The van der Waals surface area contributed by atoms with E-state index in [1.807, 2.05) is 0 Å². The zero-order valence-electron chi connectivity index (χ0n) is 17.7. The normalized spacial score (nSPS) is 14.7. The van der Waals surface area contributed by atoms with Crippen molar-refractivity contribution in [3.05, 3.63) is 99.4 Å². The van der Waals surface area contributed by atoms with Gasteiger partial charge in [0.1, 0.15) is 36.3 Å². The molecule has 1 aliphatic rings. The highest BCUT2D eigenvalue weighted by Crippen LogP contribution is 2.34. The first-order valence-corrected chi connectivity index (χ1v) is 11.4. The molecule has 0 aliphatic carbocycles. The highest BCUT2D eigenvalue weighted by Gasteiger charge is 2.34. The van der Waals surface area contributed by atoms with Gasteiger partial charge in [0.2, 0.25) is 0 Å². The molecule has 174 valence electrons. The van der Waals surface area contributed by atoms with Gasteiger partial charge in [-0.05, 0) is 77.5 Å². The Hall–Kier alpha value is -3.36. The molecule has 9 heteroatoms. The maximum Gasteiger partial charge on any atom is 0.293 e. The topological polar surface area (TPSA) is 55.8 Å². The van der Waals surface area contributed by atoms with E-state index in [1.54, 1.807) is 36.4 Å². The van der Waals surface area contributed by atoms with Crippen molar-refractivity contribution in [3.63, 3.8) is 0 Å². The van der Waals surface area contributed by atoms with Crippen molar-refractivity contribution in [1.29, 1.82) is 0 Å². The molecule has 5 nitrogen and oxygen atoms in total.